The largest absolute Gasteiger partial charge is 0.281 e. The van der Waals surface area contributed by atoms with Gasteiger partial charge in [0.05, 0.1) is 11.4 Å². The first-order valence-corrected chi connectivity index (χ1v) is 7.19. The molecule has 0 unspecified atom stereocenters. The lowest BCUT2D eigenvalue weighted by Gasteiger charge is -2.09. The van der Waals surface area contributed by atoms with Crippen molar-refractivity contribution in [1.82, 2.24) is 20.0 Å². The second-order valence-corrected chi connectivity index (χ2v) is 5.90. The minimum Gasteiger partial charge on any atom is -0.276 e. The molecule has 2 aromatic rings. The van der Waals surface area contributed by atoms with Gasteiger partial charge in [0.15, 0.2) is 4.60 Å². The summed E-state index contributed by atoms with van der Waals surface area (Å²) in [5.74, 6) is 0. The molecule has 2 rings (SSSR count). The third-order valence-electron chi connectivity index (χ3n) is 2.24. The maximum atomic E-state index is 12.2. The average molecular weight is 332 g/mol. The Morgan fingerprint density at radius 3 is 2.72 bits per heavy atom. The molecule has 9 heteroatoms. The van der Waals surface area contributed by atoms with E-state index in [9.17, 15) is 8.42 Å². The van der Waals surface area contributed by atoms with Crippen molar-refractivity contribution in [3.05, 3.63) is 28.6 Å². The third-order valence-corrected chi connectivity index (χ3v) is 4.49. The molecular formula is C9H10BrN5O2S. The summed E-state index contributed by atoms with van der Waals surface area (Å²) in [7, 11) is -2.25. The van der Waals surface area contributed by atoms with Crippen LogP contribution >= 0.6 is 15.9 Å². The molecule has 0 atom stereocenters. The van der Waals surface area contributed by atoms with Crippen LogP contribution in [0.3, 0.4) is 0 Å². The summed E-state index contributed by atoms with van der Waals surface area (Å²) in [4.78, 5) is 4.01. The first kappa shape index (κ1) is 13.0. The second kappa shape index (κ2) is 4.65. The average Bonchev–Trinajstić information content (AvgIpc) is 2.62. The Hall–Kier alpha value is -1.48. The summed E-state index contributed by atoms with van der Waals surface area (Å²) < 4.78 is 28.2. The number of rotatable bonds is 3. The van der Waals surface area contributed by atoms with Crippen LogP contribution < -0.4 is 4.72 Å². The fourth-order valence-electron chi connectivity index (χ4n) is 1.39. The minimum absolute atomic E-state index is 0.0363. The molecular weight excluding hydrogens is 322 g/mol. The quantitative estimate of drug-likeness (QED) is 0.908. The first-order chi connectivity index (χ1) is 8.42. The smallest absolute Gasteiger partial charge is 0.276 e. The molecule has 0 aliphatic heterocycles. The van der Waals surface area contributed by atoms with E-state index in [-0.39, 0.29) is 9.63 Å². The van der Waals surface area contributed by atoms with Crippen molar-refractivity contribution in [2.24, 2.45) is 7.05 Å². The fraction of sp³-hybridized carbons (Fsp3) is 0.222. The first-order valence-electron chi connectivity index (χ1n) is 4.91. The van der Waals surface area contributed by atoms with Crippen molar-refractivity contribution in [2.75, 3.05) is 4.72 Å². The van der Waals surface area contributed by atoms with Crippen LogP contribution in [0.1, 0.15) is 5.69 Å². The van der Waals surface area contributed by atoms with Gasteiger partial charge in [-0.1, -0.05) is 5.21 Å². The number of hydrogen-bond acceptors (Lipinski definition) is 5. The van der Waals surface area contributed by atoms with Crippen LogP contribution in [-0.2, 0) is 17.1 Å². The van der Waals surface area contributed by atoms with Crippen LogP contribution in [0.25, 0.3) is 0 Å². The number of halogens is 1. The lowest BCUT2D eigenvalue weighted by molar-refractivity contribution is 0.578. The molecule has 0 saturated heterocycles. The number of aromatic nitrogens is 4. The van der Waals surface area contributed by atoms with Crippen molar-refractivity contribution in [3.8, 4) is 0 Å². The molecule has 0 spiro atoms. The predicted octanol–water partition coefficient (Wildman–Crippen LogP) is 1.08. The zero-order valence-corrected chi connectivity index (χ0v) is 12.0. The zero-order valence-electron chi connectivity index (χ0n) is 9.62. The van der Waals surface area contributed by atoms with Crippen molar-refractivity contribution in [1.29, 1.82) is 0 Å². The lowest BCUT2D eigenvalue weighted by Crippen LogP contribution is -2.18. The summed E-state index contributed by atoms with van der Waals surface area (Å²) >= 11 is 3.06. The fourth-order valence-corrected chi connectivity index (χ4v) is 3.61. The molecule has 96 valence electrons. The Labute approximate surface area is 112 Å². The summed E-state index contributed by atoms with van der Waals surface area (Å²) in [5, 5.41) is 7.24. The van der Waals surface area contributed by atoms with Crippen LogP contribution in [0.2, 0.25) is 0 Å². The van der Waals surface area contributed by atoms with Gasteiger partial charge in [-0.2, -0.15) is 8.42 Å². The SMILES string of the molecule is Cc1ncccc1NS(=O)(=O)c1c(Br)nnn1C. The Morgan fingerprint density at radius 1 is 1.44 bits per heavy atom. The monoisotopic (exact) mass is 331 g/mol. The number of sulfonamides is 1. The molecule has 7 nitrogen and oxygen atoms in total. The van der Waals surface area contributed by atoms with Gasteiger partial charge >= 0.3 is 0 Å². The maximum Gasteiger partial charge on any atom is 0.281 e. The molecule has 18 heavy (non-hydrogen) atoms. The molecule has 0 aliphatic carbocycles. The Bertz CT molecular complexity index is 663. The highest BCUT2D eigenvalue weighted by Gasteiger charge is 2.24. The van der Waals surface area contributed by atoms with Gasteiger partial charge in [0.1, 0.15) is 0 Å². The third kappa shape index (κ3) is 2.36. The van der Waals surface area contributed by atoms with Gasteiger partial charge in [0.2, 0.25) is 5.03 Å². The summed E-state index contributed by atoms with van der Waals surface area (Å²) in [6.45, 7) is 1.72. The van der Waals surface area contributed by atoms with E-state index in [4.69, 9.17) is 0 Å². The van der Waals surface area contributed by atoms with E-state index >= 15 is 0 Å². The number of pyridine rings is 1. The van der Waals surface area contributed by atoms with Gasteiger partial charge in [-0.25, -0.2) is 4.68 Å². The van der Waals surface area contributed by atoms with Crippen LogP contribution in [0.5, 0.6) is 0 Å². The number of aryl methyl sites for hydroxylation is 2. The van der Waals surface area contributed by atoms with Gasteiger partial charge in [0.25, 0.3) is 10.0 Å². The Balaban J connectivity index is 2.43. The van der Waals surface area contributed by atoms with E-state index in [1.807, 2.05) is 0 Å². The number of anilines is 1. The maximum absolute atomic E-state index is 12.2. The Morgan fingerprint density at radius 2 is 2.17 bits per heavy atom. The highest BCUT2D eigenvalue weighted by Crippen LogP contribution is 2.22. The van der Waals surface area contributed by atoms with Crippen molar-refractivity contribution < 1.29 is 8.42 Å². The molecule has 2 aromatic heterocycles. The minimum atomic E-state index is -3.75. The van der Waals surface area contributed by atoms with Gasteiger partial charge in [-0.05, 0) is 35.0 Å². The summed E-state index contributed by atoms with van der Waals surface area (Å²) in [6.07, 6.45) is 1.59. The molecule has 2 heterocycles. The van der Waals surface area contributed by atoms with Gasteiger partial charge in [-0.3, -0.25) is 9.71 Å². The van der Waals surface area contributed by atoms with Crippen LogP contribution in [-0.4, -0.2) is 28.4 Å². The van der Waals surface area contributed by atoms with E-state index in [0.717, 1.165) is 0 Å². The van der Waals surface area contributed by atoms with Crippen LogP contribution in [0.15, 0.2) is 28.0 Å². The normalized spacial score (nSPS) is 11.5. The lowest BCUT2D eigenvalue weighted by atomic mass is 10.3. The van der Waals surface area contributed by atoms with Crippen molar-refractivity contribution in [2.45, 2.75) is 11.9 Å². The van der Waals surface area contributed by atoms with E-state index < -0.39 is 10.0 Å². The molecule has 1 N–H and O–H groups in total. The van der Waals surface area contributed by atoms with Crippen molar-refractivity contribution >= 4 is 31.6 Å². The molecule has 0 fully saturated rings. The van der Waals surface area contributed by atoms with Gasteiger partial charge in [-0.15, -0.1) is 5.10 Å². The molecule has 0 aliphatic rings. The molecule has 0 saturated carbocycles. The van der Waals surface area contributed by atoms with Crippen LogP contribution in [0.4, 0.5) is 5.69 Å². The second-order valence-electron chi connectivity index (χ2n) is 3.55. The molecule has 0 aromatic carbocycles. The highest BCUT2D eigenvalue weighted by atomic mass is 79.9. The Kier molecular flexibility index (Phi) is 3.35. The number of hydrogen-bond donors (Lipinski definition) is 1. The van der Waals surface area contributed by atoms with E-state index in [0.29, 0.717) is 11.4 Å². The number of nitrogens with zero attached hydrogens (tertiary/aromatic N) is 4. The summed E-state index contributed by atoms with van der Waals surface area (Å²) in [6, 6.07) is 3.29. The van der Waals surface area contributed by atoms with Gasteiger partial charge in [0, 0.05) is 13.2 Å². The van der Waals surface area contributed by atoms with Crippen LogP contribution in [0, 0.1) is 6.92 Å². The topological polar surface area (TPSA) is 89.8 Å². The molecule has 0 bridgehead atoms. The van der Waals surface area contributed by atoms with Crippen molar-refractivity contribution in [3.63, 3.8) is 0 Å². The zero-order chi connectivity index (χ0) is 13.3. The van der Waals surface area contributed by atoms with E-state index in [2.05, 4.69) is 35.9 Å². The summed E-state index contributed by atoms with van der Waals surface area (Å²) in [5.41, 5.74) is 1.01. The molecule has 0 radical (unpaired) electrons. The standard InChI is InChI=1S/C9H10BrN5O2S/c1-6-7(4-3-5-11-6)13-18(16,17)9-8(10)12-14-15(9)2/h3-5,13H,1-2H3. The molecule has 0 amide bonds. The van der Waals surface area contributed by atoms with E-state index in [1.165, 1.54) is 11.7 Å². The predicted molar refractivity (Wildman–Crippen MR) is 68.5 cm³/mol. The highest BCUT2D eigenvalue weighted by molar-refractivity contribution is 9.10. The van der Waals surface area contributed by atoms with Gasteiger partial charge < -0.3 is 0 Å². The van der Waals surface area contributed by atoms with E-state index in [1.54, 1.807) is 25.3 Å². The number of nitrogens with one attached hydrogen (secondary N) is 1.